The van der Waals surface area contributed by atoms with Gasteiger partial charge in [0, 0.05) is 0 Å². The first-order valence-electron chi connectivity index (χ1n) is 14.2. The van der Waals surface area contributed by atoms with Crippen LogP contribution in [0.25, 0.3) is 66.1 Å². The average molecular weight is 543 g/mol. The molecule has 0 aliphatic carbocycles. The molecule has 0 heterocycles. The number of fused-ring (bicyclic) bond motifs is 2. The Bertz CT molecular complexity index is 2010. The molecule has 2 heteroatoms. The van der Waals surface area contributed by atoms with Gasteiger partial charge in [-0.3, -0.25) is 0 Å². The molecule has 0 bridgehead atoms. The second-order valence-electron chi connectivity index (χ2n) is 10.5. The van der Waals surface area contributed by atoms with Gasteiger partial charge in [-0.2, -0.15) is 0 Å². The maximum Gasteiger partial charge on any atom is 0.118 e. The monoisotopic (exact) mass is 542 g/mol. The van der Waals surface area contributed by atoms with Crippen molar-refractivity contribution in [1.82, 2.24) is 0 Å². The first-order valence-corrected chi connectivity index (χ1v) is 14.2. The Morgan fingerprint density at radius 1 is 0.310 bits per heavy atom. The molecule has 7 aromatic rings. The highest BCUT2D eigenvalue weighted by molar-refractivity contribution is 6.22. The molecule has 0 aliphatic rings. The van der Waals surface area contributed by atoms with E-state index >= 15 is 0 Å². The van der Waals surface area contributed by atoms with Crippen molar-refractivity contribution in [2.75, 3.05) is 14.2 Å². The highest BCUT2D eigenvalue weighted by Crippen LogP contribution is 2.45. The standard InChI is InChI=1S/C40H30O2/c1-41-33-21-16-29(17-22-33)32-20-25-37-38(26-32)40(31-18-23-34(42-2)24-19-31)36-11-7-6-10-35(36)39(37)30-14-12-28(13-15-30)27-8-4-3-5-9-27/h3-26H,1-2H3. The first-order chi connectivity index (χ1) is 20.7. The Labute approximate surface area is 246 Å². The van der Waals surface area contributed by atoms with Crippen molar-refractivity contribution in [2.45, 2.75) is 0 Å². The fourth-order valence-electron chi connectivity index (χ4n) is 5.98. The third-order valence-corrected chi connectivity index (χ3v) is 8.11. The summed E-state index contributed by atoms with van der Waals surface area (Å²) in [4.78, 5) is 0. The molecule has 0 saturated carbocycles. The summed E-state index contributed by atoms with van der Waals surface area (Å²) >= 11 is 0. The summed E-state index contributed by atoms with van der Waals surface area (Å²) in [6.45, 7) is 0. The van der Waals surface area contributed by atoms with E-state index in [0.29, 0.717) is 0 Å². The molecule has 0 unspecified atom stereocenters. The van der Waals surface area contributed by atoms with Gasteiger partial charge in [-0.1, -0.05) is 115 Å². The number of ether oxygens (including phenoxy) is 2. The van der Waals surface area contributed by atoms with Crippen molar-refractivity contribution in [3.63, 3.8) is 0 Å². The van der Waals surface area contributed by atoms with Crippen LogP contribution in [0.15, 0.2) is 146 Å². The molecule has 0 N–H and O–H groups in total. The van der Waals surface area contributed by atoms with Gasteiger partial charge >= 0.3 is 0 Å². The van der Waals surface area contributed by atoms with Crippen LogP contribution in [0.1, 0.15) is 0 Å². The van der Waals surface area contributed by atoms with Crippen molar-refractivity contribution in [3.05, 3.63) is 146 Å². The van der Waals surface area contributed by atoms with Crippen molar-refractivity contribution in [1.29, 1.82) is 0 Å². The summed E-state index contributed by atoms with van der Waals surface area (Å²) < 4.78 is 10.9. The zero-order valence-electron chi connectivity index (χ0n) is 23.7. The number of rotatable bonds is 6. The second-order valence-corrected chi connectivity index (χ2v) is 10.5. The van der Waals surface area contributed by atoms with Crippen molar-refractivity contribution < 1.29 is 9.47 Å². The van der Waals surface area contributed by atoms with Gasteiger partial charge < -0.3 is 9.47 Å². The molecule has 2 nitrogen and oxygen atoms in total. The third-order valence-electron chi connectivity index (χ3n) is 8.11. The molecule has 0 aliphatic heterocycles. The van der Waals surface area contributed by atoms with Crippen molar-refractivity contribution >= 4 is 21.5 Å². The van der Waals surface area contributed by atoms with Crippen LogP contribution in [0.3, 0.4) is 0 Å². The van der Waals surface area contributed by atoms with Gasteiger partial charge in [0.2, 0.25) is 0 Å². The molecule has 7 aromatic carbocycles. The molecule has 0 radical (unpaired) electrons. The lowest BCUT2D eigenvalue weighted by molar-refractivity contribution is 0.415. The van der Waals surface area contributed by atoms with Crippen molar-refractivity contribution in [3.8, 4) is 56.0 Å². The van der Waals surface area contributed by atoms with E-state index < -0.39 is 0 Å². The van der Waals surface area contributed by atoms with E-state index in [9.17, 15) is 0 Å². The number of hydrogen-bond acceptors (Lipinski definition) is 2. The zero-order chi connectivity index (χ0) is 28.5. The minimum absolute atomic E-state index is 0.849. The Morgan fingerprint density at radius 2 is 0.690 bits per heavy atom. The molecule has 42 heavy (non-hydrogen) atoms. The fraction of sp³-hybridized carbons (Fsp3) is 0.0500. The minimum Gasteiger partial charge on any atom is -0.497 e. The lowest BCUT2D eigenvalue weighted by Crippen LogP contribution is -1.92. The van der Waals surface area contributed by atoms with Gasteiger partial charge in [0.1, 0.15) is 11.5 Å². The van der Waals surface area contributed by atoms with Gasteiger partial charge in [0.25, 0.3) is 0 Å². The van der Waals surface area contributed by atoms with Crippen LogP contribution in [-0.2, 0) is 0 Å². The minimum atomic E-state index is 0.849. The van der Waals surface area contributed by atoms with Crippen LogP contribution < -0.4 is 9.47 Å². The maximum absolute atomic E-state index is 5.48. The summed E-state index contributed by atoms with van der Waals surface area (Å²) in [5.74, 6) is 1.70. The lowest BCUT2D eigenvalue weighted by atomic mass is 9.84. The number of benzene rings is 7. The topological polar surface area (TPSA) is 18.5 Å². The SMILES string of the molecule is COc1ccc(-c2ccc3c(-c4ccc(-c5ccccc5)cc4)c4ccccc4c(-c4ccc(OC)cc4)c3c2)cc1. The summed E-state index contributed by atoms with van der Waals surface area (Å²) in [5, 5.41) is 4.91. The zero-order valence-corrected chi connectivity index (χ0v) is 23.7. The van der Waals surface area contributed by atoms with Crippen LogP contribution in [0.2, 0.25) is 0 Å². The smallest absolute Gasteiger partial charge is 0.118 e. The summed E-state index contributed by atoms with van der Waals surface area (Å²) in [6.07, 6.45) is 0. The van der Waals surface area contributed by atoms with Crippen LogP contribution in [0, 0.1) is 0 Å². The van der Waals surface area contributed by atoms with Gasteiger partial charge in [0.15, 0.2) is 0 Å². The number of methoxy groups -OCH3 is 2. The molecule has 0 spiro atoms. The highest BCUT2D eigenvalue weighted by Gasteiger charge is 2.18. The molecular formula is C40H30O2. The van der Waals surface area contributed by atoms with E-state index in [0.717, 1.165) is 22.6 Å². The van der Waals surface area contributed by atoms with E-state index in [1.54, 1.807) is 14.2 Å². The van der Waals surface area contributed by atoms with Crippen molar-refractivity contribution in [2.24, 2.45) is 0 Å². The van der Waals surface area contributed by atoms with Crippen LogP contribution >= 0.6 is 0 Å². The summed E-state index contributed by atoms with van der Waals surface area (Å²) in [6, 6.07) is 51.8. The maximum atomic E-state index is 5.48. The Hall–Kier alpha value is -5.34. The lowest BCUT2D eigenvalue weighted by Gasteiger charge is -2.19. The first kappa shape index (κ1) is 25.6. The van der Waals surface area contributed by atoms with Gasteiger partial charge in [-0.25, -0.2) is 0 Å². The van der Waals surface area contributed by atoms with Gasteiger partial charge in [-0.15, -0.1) is 0 Å². The molecule has 0 amide bonds. The second kappa shape index (κ2) is 10.9. The molecule has 0 aromatic heterocycles. The quantitative estimate of drug-likeness (QED) is 0.195. The Morgan fingerprint density at radius 3 is 1.26 bits per heavy atom. The predicted octanol–water partition coefficient (Wildman–Crippen LogP) is 10.7. The third kappa shape index (κ3) is 4.57. The normalized spacial score (nSPS) is 11.1. The fourth-order valence-corrected chi connectivity index (χ4v) is 5.98. The average Bonchev–Trinajstić information content (AvgIpc) is 3.07. The predicted molar refractivity (Wildman–Crippen MR) is 176 cm³/mol. The molecule has 7 rings (SSSR count). The Balaban J connectivity index is 1.50. The largest absolute Gasteiger partial charge is 0.497 e. The summed E-state index contributed by atoms with van der Waals surface area (Å²) in [7, 11) is 3.41. The van der Waals surface area contributed by atoms with Gasteiger partial charge in [-0.05, 0) is 96.4 Å². The summed E-state index contributed by atoms with van der Waals surface area (Å²) in [5.41, 5.74) is 9.59. The van der Waals surface area contributed by atoms with E-state index in [2.05, 4.69) is 121 Å². The van der Waals surface area contributed by atoms with E-state index in [4.69, 9.17) is 9.47 Å². The van der Waals surface area contributed by atoms with E-state index in [1.165, 1.54) is 54.9 Å². The molecule has 0 atom stereocenters. The van der Waals surface area contributed by atoms with Gasteiger partial charge in [0.05, 0.1) is 14.2 Å². The molecule has 0 fully saturated rings. The van der Waals surface area contributed by atoms with Crippen LogP contribution in [-0.4, -0.2) is 14.2 Å². The van der Waals surface area contributed by atoms with E-state index in [-0.39, 0.29) is 0 Å². The number of hydrogen-bond donors (Lipinski definition) is 0. The van der Waals surface area contributed by atoms with Crippen LogP contribution in [0.5, 0.6) is 11.5 Å². The molecule has 202 valence electrons. The highest BCUT2D eigenvalue weighted by atomic mass is 16.5. The molecule has 0 saturated heterocycles. The molecular weight excluding hydrogens is 512 g/mol. The van der Waals surface area contributed by atoms with Crippen LogP contribution in [0.4, 0.5) is 0 Å². The van der Waals surface area contributed by atoms with E-state index in [1.807, 2.05) is 24.3 Å². The Kier molecular flexibility index (Phi) is 6.65.